The Bertz CT molecular complexity index is 1420. The first-order valence-corrected chi connectivity index (χ1v) is 12.8. The van der Waals surface area contributed by atoms with Crippen molar-refractivity contribution in [2.45, 2.75) is 25.5 Å². The standard InChI is InChI=1S/C27H26ClN5O3S/c1-17-6-4-9-23(18(17)2)30-25(34)16-37-27-32-31-24(33(27)21-8-5-7-20(28)14-21)15-29-26(35)19-10-12-22(36-3)13-11-19/h4-14H,15-16H2,1-3H3,(H,29,35)(H,30,34). The molecule has 2 amide bonds. The second-order valence-corrected chi connectivity index (χ2v) is 9.59. The van der Waals surface area contributed by atoms with Crippen LogP contribution in [0.2, 0.25) is 5.02 Å². The van der Waals surface area contributed by atoms with E-state index in [0.29, 0.717) is 27.3 Å². The quantitative estimate of drug-likeness (QED) is 0.286. The summed E-state index contributed by atoms with van der Waals surface area (Å²) in [6, 6.07) is 19.8. The number of nitrogens with zero attached hydrogens (tertiary/aromatic N) is 3. The van der Waals surface area contributed by atoms with Crippen molar-refractivity contribution in [3.63, 3.8) is 0 Å². The molecule has 0 aliphatic rings. The number of rotatable bonds is 9. The van der Waals surface area contributed by atoms with Crippen LogP contribution in [0.5, 0.6) is 5.75 Å². The molecule has 4 aromatic rings. The van der Waals surface area contributed by atoms with Crippen LogP contribution in [0.1, 0.15) is 27.3 Å². The van der Waals surface area contributed by atoms with Crippen molar-refractivity contribution in [1.82, 2.24) is 20.1 Å². The van der Waals surface area contributed by atoms with Gasteiger partial charge in [-0.1, -0.05) is 41.6 Å². The Morgan fingerprint density at radius 1 is 1.03 bits per heavy atom. The summed E-state index contributed by atoms with van der Waals surface area (Å²) in [4.78, 5) is 25.4. The lowest BCUT2D eigenvalue weighted by Crippen LogP contribution is -2.24. The SMILES string of the molecule is COc1ccc(C(=O)NCc2nnc(SCC(=O)Nc3cccc(C)c3C)n2-c2cccc(Cl)c2)cc1. The van der Waals surface area contributed by atoms with Gasteiger partial charge in [0, 0.05) is 16.3 Å². The first kappa shape index (κ1) is 26.2. The number of hydrogen-bond donors (Lipinski definition) is 2. The number of nitrogens with one attached hydrogen (secondary N) is 2. The van der Waals surface area contributed by atoms with E-state index in [0.717, 1.165) is 22.5 Å². The summed E-state index contributed by atoms with van der Waals surface area (Å²) in [7, 11) is 1.57. The number of thioether (sulfide) groups is 1. The highest BCUT2D eigenvalue weighted by atomic mass is 35.5. The number of benzene rings is 3. The van der Waals surface area contributed by atoms with E-state index in [1.165, 1.54) is 11.8 Å². The minimum Gasteiger partial charge on any atom is -0.497 e. The molecule has 0 radical (unpaired) electrons. The zero-order chi connectivity index (χ0) is 26.4. The van der Waals surface area contributed by atoms with Crippen LogP contribution in [0.15, 0.2) is 71.9 Å². The zero-order valence-electron chi connectivity index (χ0n) is 20.6. The molecule has 3 aromatic carbocycles. The van der Waals surface area contributed by atoms with Gasteiger partial charge in [-0.3, -0.25) is 14.2 Å². The molecule has 0 saturated carbocycles. The maximum absolute atomic E-state index is 12.7. The average molecular weight is 536 g/mol. The monoisotopic (exact) mass is 535 g/mol. The van der Waals surface area contributed by atoms with E-state index in [2.05, 4.69) is 20.8 Å². The van der Waals surface area contributed by atoms with Gasteiger partial charge in [0.15, 0.2) is 11.0 Å². The van der Waals surface area contributed by atoms with Crippen molar-refractivity contribution >= 4 is 40.9 Å². The Morgan fingerprint density at radius 3 is 2.51 bits per heavy atom. The molecule has 8 nitrogen and oxygen atoms in total. The van der Waals surface area contributed by atoms with Crippen LogP contribution in [-0.4, -0.2) is 39.4 Å². The molecule has 0 aliphatic heterocycles. The van der Waals surface area contributed by atoms with Gasteiger partial charge in [0.1, 0.15) is 5.75 Å². The molecule has 1 aromatic heterocycles. The molecule has 2 N–H and O–H groups in total. The fraction of sp³-hybridized carbons (Fsp3) is 0.185. The van der Waals surface area contributed by atoms with Gasteiger partial charge in [0.2, 0.25) is 5.91 Å². The van der Waals surface area contributed by atoms with Crippen LogP contribution < -0.4 is 15.4 Å². The highest BCUT2D eigenvalue weighted by molar-refractivity contribution is 7.99. The third kappa shape index (κ3) is 6.49. The van der Waals surface area contributed by atoms with Gasteiger partial charge in [-0.25, -0.2) is 0 Å². The molecule has 0 unspecified atom stereocenters. The number of hydrogen-bond acceptors (Lipinski definition) is 6. The average Bonchev–Trinajstić information content (AvgIpc) is 3.31. The smallest absolute Gasteiger partial charge is 0.251 e. The van der Waals surface area contributed by atoms with Crippen molar-refractivity contribution in [2.24, 2.45) is 0 Å². The molecule has 10 heteroatoms. The number of aryl methyl sites for hydroxylation is 1. The summed E-state index contributed by atoms with van der Waals surface area (Å²) in [5.41, 5.74) is 4.13. The van der Waals surface area contributed by atoms with Gasteiger partial charge in [0.05, 0.1) is 25.1 Å². The van der Waals surface area contributed by atoms with E-state index in [1.807, 2.05) is 44.2 Å². The van der Waals surface area contributed by atoms with Gasteiger partial charge in [0.25, 0.3) is 5.91 Å². The Kier molecular flexibility index (Phi) is 8.47. The molecule has 0 saturated heterocycles. The van der Waals surface area contributed by atoms with Crippen LogP contribution in [-0.2, 0) is 11.3 Å². The molecule has 190 valence electrons. The Balaban J connectivity index is 1.50. The fourth-order valence-electron chi connectivity index (χ4n) is 3.59. The lowest BCUT2D eigenvalue weighted by molar-refractivity contribution is -0.113. The van der Waals surface area contributed by atoms with E-state index >= 15 is 0 Å². The van der Waals surface area contributed by atoms with Crippen LogP contribution in [0.25, 0.3) is 5.69 Å². The second-order valence-electron chi connectivity index (χ2n) is 8.21. The van der Waals surface area contributed by atoms with Gasteiger partial charge in [-0.15, -0.1) is 10.2 Å². The highest BCUT2D eigenvalue weighted by Gasteiger charge is 2.18. The van der Waals surface area contributed by atoms with Crippen LogP contribution >= 0.6 is 23.4 Å². The molecule has 0 atom stereocenters. The lowest BCUT2D eigenvalue weighted by Gasteiger charge is -2.12. The molecule has 0 fully saturated rings. The number of anilines is 1. The summed E-state index contributed by atoms with van der Waals surface area (Å²) in [5.74, 6) is 0.880. The Hall–Kier alpha value is -3.82. The molecule has 4 rings (SSSR count). The van der Waals surface area contributed by atoms with Gasteiger partial charge >= 0.3 is 0 Å². The number of methoxy groups -OCH3 is 1. The number of ether oxygens (including phenoxy) is 1. The first-order valence-electron chi connectivity index (χ1n) is 11.5. The summed E-state index contributed by atoms with van der Waals surface area (Å²) in [5, 5.41) is 15.5. The van der Waals surface area contributed by atoms with E-state index in [1.54, 1.807) is 48.1 Å². The second kappa shape index (κ2) is 11.9. The summed E-state index contributed by atoms with van der Waals surface area (Å²) >= 11 is 7.49. The normalized spacial score (nSPS) is 10.7. The minimum absolute atomic E-state index is 0.125. The third-order valence-electron chi connectivity index (χ3n) is 5.74. The van der Waals surface area contributed by atoms with Crippen molar-refractivity contribution in [2.75, 3.05) is 18.2 Å². The van der Waals surface area contributed by atoms with Gasteiger partial charge < -0.3 is 15.4 Å². The van der Waals surface area contributed by atoms with Gasteiger partial charge in [-0.2, -0.15) is 0 Å². The van der Waals surface area contributed by atoms with E-state index < -0.39 is 0 Å². The van der Waals surface area contributed by atoms with E-state index in [-0.39, 0.29) is 24.1 Å². The summed E-state index contributed by atoms with van der Waals surface area (Å²) in [6.07, 6.45) is 0. The van der Waals surface area contributed by atoms with Crippen molar-refractivity contribution in [3.8, 4) is 11.4 Å². The predicted molar refractivity (Wildman–Crippen MR) is 146 cm³/mol. The maximum Gasteiger partial charge on any atom is 0.251 e. The number of carbonyl (C=O) groups excluding carboxylic acids is 2. The van der Waals surface area contributed by atoms with Crippen molar-refractivity contribution < 1.29 is 14.3 Å². The molecule has 0 bridgehead atoms. The molecule has 1 heterocycles. The third-order valence-corrected chi connectivity index (χ3v) is 6.90. The van der Waals surface area contributed by atoms with Crippen molar-refractivity contribution in [1.29, 1.82) is 0 Å². The van der Waals surface area contributed by atoms with Crippen LogP contribution in [0, 0.1) is 13.8 Å². The largest absolute Gasteiger partial charge is 0.497 e. The molecular formula is C27H26ClN5O3S. The highest BCUT2D eigenvalue weighted by Crippen LogP contribution is 2.25. The van der Waals surface area contributed by atoms with E-state index in [4.69, 9.17) is 16.3 Å². The van der Waals surface area contributed by atoms with Gasteiger partial charge in [-0.05, 0) is 73.5 Å². The van der Waals surface area contributed by atoms with Crippen molar-refractivity contribution in [3.05, 3.63) is 94.3 Å². The lowest BCUT2D eigenvalue weighted by atomic mass is 10.1. The maximum atomic E-state index is 12.7. The summed E-state index contributed by atoms with van der Waals surface area (Å²) in [6.45, 7) is 4.10. The number of carbonyl (C=O) groups is 2. The Labute approximate surface area is 224 Å². The number of aromatic nitrogens is 3. The molecule has 37 heavy (non-hydrogen) atoms. The zero-order valence-corrected chi connectivity index (χ0v) is 22.2. The topological polar surface area (TPSA) is 98.1 Å². The van der Waals surface area contributed by atoms with E-state index in [9.17, 15) is 9.59 Å². The Morgan fingerprint density at radius 2 is 1.78 bits per heavy atom. The number of amides is 2. The predicted octanol–water partition coefficient (Wildman–Crippen LogP) is 5.21. The summed E-state index contributed by atoms with van der Waals surface area (Å²) < 4.78 is 6.93. The molecule has 0 aliphatic carbocycles. The number of halogens is 1. The molecular weight excluding hydrogens is 510 g/mol. The van der Waals surface area contributed by atoms with Crippen LogP contribution in [0.3, 0.4) is 0 Å². The molecule has 0 spiro atoms. The minimum atomic E-state index is -0.259. The van der Waals surface area contributed by atoms with Crippen LogP contribution in [0.4, 0.5) is 5.69 Å². The first-order chi connectivity index (χ1) is 17.9. The fourth-order valence-corrected chi connectivity index (χ4v) is 4.54.